The average molecular weight is 347 g/mol. The summed E-state index contributed by atoms with van der Waals surface area (Å²) in [6, 6.07) is 8.27. The maximum atomic E-state index is 11.0. The van der Waals surface area contributed by atoms with Crippen LogP contribution in [0.5, 0.6) is 0 Å². The minimum Gasteiger partial charge on any atom is -1.00 e. The second-order valence-electron chi connectivity index (χ2n) is 6.57. The molecular weight excluding hydrogens is 324 g/mol. The van der Waals surface area contributed by atoms with Crippen LogP contribution in [0, 0.1) is 0 Å². The molecule has 1 aromatic heterocycles. The molecule has 0 atom stereocenters. The SMILES string of the molecule is CCn1c(C2=C(O)C3(CCCC3)N=C2N)[n+](C)c2ccccc21.[Cl-]. The van der Waals surface area contributed by atoms with Crippen LogP contribution in [0.1, 0.15) is 38.4 Å². The molecule has 0 radical (unpaired) electrons. The largest absolute Gasteiger partial charge is 1.00 e. The zero-order valence-electron chi connectivity index (χ0n) is 14.1. The Kier molecular flexibility index (Phi) is 4.08. The fraction of sp³-hybridized carbons (Fsp3) is 0.444. The monoisotopic (exact) mass is 346 g/mol. The van der Waals surface area contributed by atoms with Crippen molar-refractivity contribution in [3.8, 4) is 0 Å². The zero-order valence-corrected chi connectivity index (χ0v) is 14.8. The highest BCUT2D eigenvalue weighted by Gasteiger charge is 2.47. The quantitative estimate of drug-likeness (QED) is 0.716. The van der Waals surface area contributed by atoms with Crippen LogP contribution in [0.25, 0.3) is 16.6 Å². The number of aliphatic imine (C=N–C) groups is 1. The summed E-state index contributed by atoms with van der Waals surface area (Å²) in [5, 5.41) is 11.0. The molecule has 2 heterocycles. The van der Waals surface area contributed by atoms with Crippen LogP contribution in [-0.4, -0.2) is 21.0 Å². The summed E-state index contributed by atoms with van der Waals surface area (Å²) in [5.74, 6) is 1.77. The van der Waals surface area contributed by atoms with Crippen LogP contribution in [0.2, 0.25) is 0 Å². The fourth-order valence-electron chi connectivity index (χ4n) is 4.23. The topological polar surface area (TPSA) is 67.4 Å². The molecule has 2 aliphatic rings. The van der Waals surface area contributed by atoms with Gasteiger partial charge in [-0.3, -0.25) is 4.99 Å². The first-order chi connectivity index (χ1) is 11.1. The summed E-state index contributed by atoms with van der Waals surface area (Å²) in [7, 11) is 2.02. The Hall–Kier alpha value is -2.01. The van der Waals surface area contributed by atoms with Gasteiger partial charge in [0.05, 0.1) is 13.6 Å². The van der Waals surface area contributed by atoms with Crippen LogP contribution >= 0.6 is 0 Å². The maximum Gasteiger partial charge on any atom is 0.296 e. The predicted octanol–water partition coefficient (Wildman–Crippen LogP) is -0.558. The first kappa shape index (κ1) is 16.8. The van der Waals surface area contributed by atoms with Gasteiger partial charge in [-0.05, 0) is 31.9 Å². The van der Waals surface area contributed by atoms with E-state index in [-0.39, 0.29) is 12.4 Å². The number of nitrogens with zero attached hydrogens (tertiary/aromatic N) is 3. The van der Waals surface area contributed by atoms with Crippen molar-refractivity contribution in [2.24, 2.45) is 17.8 Å². The van der Waals surface area contributed by atoms with Gasteiger partial charge in [-0.15, -0.1) is 0 Å². The first-order valence-electron chi connectivity index (χ1n) is 8.36. The highest BCUT2D eigenvalue weighted by Crippen LogP contribution is 2.45. The lowest BCUT2D eigenvalue weighted by molar-refractivity contribution is -0.648. The van der Waals surface area contributed by atoms with Crippen LogP contribution in [-0.2, 0) is 13.6 Å². The van der Waals surface area contributed by atoms with Crippen LogP contribution < -0.4 is 22.7 Å². The number of aliphatic hydroxyl groups is 1. The maximum absolute atomic E-state index is 11.0. The summed E-state index contributed by atoms with van der Waals surface area (Å²) in [6.45, 7) is 2.93. The predicted molar refractivity (Wildman–Crippen MR) is 91.2 cm³/mol. The molecule has 0 bridgehead atoms. The summed E-state index contributed by atoms with van der Waals surface area (Å²) >= 11 is 0. The molecule has 1 saturated carbocycles. The molecule has 1 spiro atoms. The van der Waals surface area contributed by atoms with Crippen molar-refractivity contribution in [3.63, 3.8) is 0 Å². The van der Waals surface area contributed by atoms with Gasteiger partial charge in [-0.1, -0.05) is 25.0 Å². The molecule has 6 heteroatoms. The molecule has 1 aliphatic heterocycles. The van der Waals surface area contributed by atoms with Gasteiger partial charge in [0.15, 0.2) is 11.0 Å². The molecule has 1 aliphatic carbocycles. The number of hydrogen-bond acceptors (Lipinski definition) is 3. The Labute approximate surface area is 147 Å². The Bertz CT molecular complexity index is 859. The van der Waals surface area contributed by atoms with Gasteiger partial charge in [-0.2, -0.15) is 0 Å². The molecule has 128 valence electrons. The smallest absolute Gasteiger partial charge is 0.296 e. The number of hydrogen-bond donors (Lipinski definition) is 2. The van der Waals surface area contributed by atoms with E-state index in [9.17, 15) is 5.11 Å². The van der Waals surface area contributed by atoms with Gasteiger partial charge in [0.25, 0.3) is 5.82 Å². The zero-order chi connectivity index (χ0) is 16.2. The lowest BCUT2D eigenvalue weighted by Gasteiger charge is -2.19. The molecule has 4 rings (SSSR count). The van der Waals surface area contributed by atoms with E-state index in [0.29, 0.717) is 17.2 Å². The molecule has 5 nitrogen and oxygen atoms in total. The number of imidazole rings is 1. The lowest BCUT2D eigenvalue weighted by Crippen LogP contribution is -3.00. The van der Waals surface area contributed by atoms with Gasteiger partial charge in [0.1, 0.15) is 22.7 Å². The van der Waals surface area contributed by atoms with E-state index in [4.69, 9.17) is 5.73 Å². The van der Waals surface area contributed by atoms with E-state index < -0.39 is 5.54 Å². The Morgan fingerprint density at radius 1 is 1.29 bits per heavy atom. The van der Waals surface area contributed by atoms with Crippen molar-refractivity contribution in [1.29, 1.82) is 0 Å². The molecular formula is C18H23ClN4O. The molecule has 3 N–H and O–H groups in total. The second-order valence-corrected chi connectivity index (χ2v) is 6.57. The first-order valence-corrected chi connectivity index (χ1v) is 8.36. The fourth-order valence-corrected chi connectivity index (χ4v) is 4.23. The van der Waals surface area contributed by atoms with Gasteiger partial charge >= 0.3 is 0 Å². The van der Waals surface area contributed by atoms with E-state index in [1.54, 1.807) is 0 Å². The van der Waals surface area contributed by atoms with E-state index in [0.717, 1.165) is 49.1 Å². The van der Waals surface area contributed by atoms with Gasteiger partial charge in [0.2, 0.25) is 0 Å². The van der Waals surface area contributed by atoms with Crippen LogP contribution in [0.15, 0.2) is 35.0 Å². The number of halogens is 1. The summed E-state index contributed by atoms with van der Waals surface area (Å²) in [6.07, 6.45) is 3.96. The van der Waals surface area contributed by atoms with Crippen molar-refractivity contribution in [2.75, 3.05) is 0 Å². The van der Waals surface area contributed by atoms with Crippen molar-refractivity contribution in [3.05, 3.63) is 35.8 Å². The minimum absolute atomic E-state index is 0. The normalized spacial score (nSPS) is 19.2. The number of fused-ring (bicyclic) bond motifs is 1. The lowest BCUT2D eigenvalue weighted by atomic mass is 9.95. The highest BCUT2D eigenvalue weighted by molar-refractivity contribution is 6.23. The molecule has 2 aromatic rings. The number of aliphatic hydroxyl groups excluding tert-OH is 1. The molecule has 1 aromatic carbocycles. The van der Waals surface area contributed by atoms with Crippen molar-refractivity contribution >= 4 is 22.4 Å². The summed E-state index contributed by atoms with van der Waals surface area (Å²) in [5.41, 5.74) is 8.80. The molecule has 0 amide bonds. The number of amidine groups is 1. The van der Waals surface area contributed by atoms with E-state index in [1.807, 2.05) is 19.2 Å². The van der Waals surface area contributed by atoms with Crippen LogP contribution in [0.3, 0.4) is 0 Å². The van der Waals surface area contributed by atoms with E-state index in [2.05, 4.69) is 33.2 Å². The number of aromatic nitrogens is 2. The number of benzene rings is 1. The molecule has 0 unspecified atom stereocenters. The molecule has 24 heavy (non-hydrogen) atoms. The highest BCUT2D eigenvalue weighted by atomic mass is 35.5. The van der Waals surface area contributed by atoms with Crippen molar-refractivity contribution in [2.45, 2.75) is 44.7 Å². The third kappa shape index (κ3) is 2.07. The average Bonchev–Trinajstić information content (AvgIpc) is 3.19. The molecule has 1 fully saturated rings. The second kappa shape index (κ2) is 5.81. The van der Waals surface area contributed by atoms with Gasteiger partial charge < -0.3 is 23.2 Å². The Morgan fingerprint density at radius 3 is 2.62 bits per heavy atom. The third-order valence-corrected chi connectivity index (χ3v) is 5.35. The van der Waals surface area contributed by atoms with Crippen molar-refractivity contribution in [1.82, 2.24) is 4.57 Å². The molecule has 0 saturated heterocycles. The standard InChI is InChI=1S/C18H22N4O.ClH/c1-3-22-13-9-5-4-8-12(13)21(2)17(22)14-15(23)18(20-16(14)19)10-6-7-11-18;/h4-5,8-9H,3,6-7,10-11H2,1-2H3,(H2,19,20);1H. The number of nitrogens with two attached hydrogens (primary N) is 1. The Balaban J connectivity index is 0.00000169. The number of aryl methyl sites for hydroxylation is 2. The number of para-hydroxylation sites is 2. The Morgan fingerprint density at radius 2 is 1.96 bits per heavy atom. The number of rotatable bonds is 2. The minimum atomic E-state index is -0.471. The van der Waals surface area contributed by atoms with E-state index in [1.165, 1.54) is 0 Å². The summed E-state index contributed by atoms with van der Waals surface area (Å²) < 4.78 is 4.32. The van der Waals surface area contributed by atoms with Gasteiger partial charge in [0, 0.05) is 0 Å². The van der Waals surface area contributed by atoms with Crippen molar-refractivity contribution < 1.29 is 22.1 Å². The van der Waals surface area contributed by atoms with E-state index >= 15 is 0 Å². The third-order valence-electron chi connectivity index (χ3n) is 5.35. The van der Waals surface area contributed by atoms with Crippen LogP contribution in [0.4, 0.5) is 0 Å². The summed E-state index contributed by atoms with van der Waals surface area (Å²) in [4.78, 5) is 4.69. The van der Waals surface area contributed by atoms with Gasteiger partial charge in [-0.25, -0.2) is 9.13 Å².